The maximum Gasteiger partial charge on any atom is 0.260 e. The first kappa shape index (κ1) is 16.7. The van der Waals surface area contributed by atoms with Crippen molar-refractivity contribution in [2.45, 2.75) is 31.1 Å². The van der Waals surface area contributed by atoms with Crippen molar-refractivity contribution >= 4 is 27.3 Å². The fourth-order valence-electron chi connectivity index (χ4n) is 2.35. The van der Waals surface area contributed by atoms with Gasteiger partial charge in [-0.1, -0.05) is 37.6 Å². The normalized spacial score (nSPS) is 11.5. The molecule has 0 saturated carbocycles. The number of rotatable bonds is 6. The van der Waals surface area contributed by atoms with E-state index in [1.54, 1.807) is 5.38 Å². The zero-order valence-electron chi connectivity index (χ0n) is 12.2. The van der Waals surface area contributed by atoms with Crippen molar-refractivity contribution < 1.29 is 13.2 Å². The Bertz CT molecular complexity index is 795. The van der Waals surface area contributed by atoms with Crippen LogP contribution in [0.2, 0.25) is 0 Å². The Morgan fingerprint density at radius 2 is 1.91 bits per heavy atom. The van der Waals surface area contributed by atoms with Crippen LogP contribution >= 0.6 is 11.3 Å². The molecule has 5 nitrogen and oxygen atoms in total. The largest absolute Gasteiger partial charge is 0.365 e. The molecule has 1 heterocycles. The van der Waals surface area contributed by atoms with Gasteiger partial charge in [-0.25, -0.2) is 13.6 Å². The lowest BCUT2D eigenvalue weighted by atomic mass is 9.98. The van der Waals surface area contributed by atoms with Crippen LogP contribution in [0.1, 0.15) is 35.0 Å². The fraction of sp³-hybridized carbons (Fsp3) is 0.267. The number of sulfonamides is 1. The third kappa shape index (κ3) is 3.37. The minimum Gasteiger partial charge on any atom is -0.365 e. The Kier molecular flexibility index (Phi) is 5.00. The van der Waals surface area contributed by atoms with Crippen molar-refractivity contribution in [3.8, 4) is 11.1 Å². The van der Waals surface area contributed by atoms with Crippen molar-refractivity contribution in [1.82, 2.24) is 0 Å². The van der Waals surface area contributed by atoms with Gasteiger partial charge in [0.1, 0.15) is 9.77 Å². The number of nitrogens with two attached hydrogens (primary N) is 2. The van der Waals surface area contributed by atoms with Gasteiger partial charge in [-0.2, -0.15) is 0 Å². The van der Waals surface area contributed by atoms with E-state index in [-0.39, 0.29) is 9.77 Å². The molecule has 0 atom stereocenters. The minimum atomic E-state index is -4.04. The standard InChI is InChI=1S/C15H18N2O3S2/c1-2-3-6-10-7-4-5-8-11(10)12-9-21-13(15(16)18)14(12)22(17,19)20/h4-5,7-9H,2-3,6H2,1H3,(H2,16,18)(H2,17,19,20). The molecular formula is C15H18N2O3S2. The van der Waals surface area contributed by atoms with Crippen LogP contribution in [-0.2, 0) is 16.4 Å². The molecule has 118 valence electrons. The molecule has 0 saturated heterocycles. The highest BCUT2D eigenvalue weighted by atomic mass is 32.2. The second-order valence-corrected chi connectivity index (χ2v) is 7.36. The van der Waals surface area contributed by atoms with Crippen LogP contribution in [-0.4, -0.2) is 14.3 Å². The van der Waals surface area contributed by atoms with Crippen LogP contribution in [0.5, 0.6) is 0 Å². The van der Waals surface area contributed by atoms with Crippen LogP contribution in [0.3, 0.4) is 0 Å². The van der Waals surface area contributed by atoms with E-state index in [0.717, 1.165) is 41.7 Å². The van der Waals surface area contributed by atoms with E-state index >= 15 is 0 Å². The summed E-state index contributed by atoms with van der Waals surface area (Å²) in [6, 6.07) is 7.54. The quantitative estimate of drug-likeness (QED) is 0.845. The maximum atomic E-state index is 11.9. The van der Waals surface area contributed by atoms with Crippen LogP contribution in [0.4, 0.5) is 0 Å². The number of amides is 1. The van der Waals surface area contributed by atoms with Crippen molar-refractivity contribution in [2.24, 2.45) is 10.9 Å². The average Bonchev–Trinajstić information content (AvgIpc) is 2.90. The zero-order chi connectivity index (χ0) is 16.3. The molecule has 0 aliphatic heterocycles. The molecular weight excluding hydrogens is 320 g/mol. The molecule has 7 heteroatoms. The summed E-state index contributed by atoms with van der Waals surface area (Å²) in [5.41, 5.74) is 7.54. The highest BCUT2D eigenvalue weighted by Crippen LogP contribution is 2.36. The molecule has 1 aromatic carbocycles. The second kappa shape index (κ2) is 6.60. The molecule has 0 spiro atoms. The second-order valence-electron chi connectivity index (χ2n) is 4.98. The van der Waals surface area contributed by atoms with Gasteiger partial charge in [0.2, 0.25) is 10.0 Å². The smallest absolute Gasteiger partial charge is 0.260 e. The Morgan fingerprint density at radius 3 is 2.50 bits per heavy atom. The highest BCUT2D eigenvalue weighted by molar-refractivity contribution is 7.89. The van der Waals surface area contributed by atoms with Gasteiger partial charge >= 0.3 is 0 Å². The number of unbranched alkanes of at least 4 members (excludes halogenated alkanes) is 1. The molecule has 1 aromatic heterocycles. The number of thiophene rings is 1. The molecule has 2 rings (SSSR count). The van der Waals surface area contributed by atoms with E-state index in [1.165, 1.54) is 0 Å². The van der Waals surface area contributed by atoms with Gasteiger partial charge in [-0.05, 0) is 24.0 Å². The number of benzene rings is 1. The van der Waals surface area contributed by atoms with Gasteiger partial charge in [-0.15, -0.1) is 11.3 Å². The summed E-state index contributed by atoms with van der Waals surface area (Å²) < 4.78 is 23.8. The molecule has 0 aliphatic rings. The Hall–Kier alpha value is -1.70. The Labute approximate surface area is 134 Å². The number of primary amides is 1. The number of hydrogen-bond acceptors (Lipinski definition) is 4. The van der Waals surface area contributed by atoms with Crippen molar-refractivity contribution in [3.05, 3.63) is 40.1 Å². The van der Waals surface area contributed by atoms with Crippen molar-refractivity contribution in [3.63, 3.8) is 0 Å². The van der Waals surface area contributed by atoms with E-state index in [4.69, 9.17) is 10.9 Å². The van der Waals surface area contributed by atoms with Gasteiger partial charge in [-0.3, -0.25) is 4.79 Å². The summed E-state index contributed by atoms with van der Waals surface area (Å²) in [5.74, 6) is -0.786. The average molecular weight is 338 g/mol. The summed E-state index contributed by atoms with van der Waals surface area (Å²) in [7, 11) is -4.04. The number of hydrogen-bond donors (Lipinski definition) is 2. The maximum absolute atomic E-state index is 11.9. The molecule has 0 fully saturated rings. The van der Waals surface area contributed by atoms with Crippen LogP contribution in [0.15, 0.2) is 34.5 Å². The zero-order valence-corrected chi connectivity index (χ0v) is 13.8. The third-order valence-electron chi connectivity index (χ3n) is 3.36. The summed E-state index contributed by atoms with van der Waals surface area (Å²) in [5, 5.41) is 6.93. The fourth-order valence-corrected chi connectivity index (χ4v) is 4.57. The van der Waals surface area contributed by atoms with Gasteiger partial charge in [0.05, 0.1) is 0 Å². The van der Waals surface area contributed by atoms with Crippen molar-refractivity contribution in [1.29, 1.82) is 0 Å². The summed E-state index contributed by atoms with van der Waals surface area (Å²) >= 11 is 1.00. The van der Waals surface area contributed by atoms with Gasteiger partial charge in [0.15, 0.2) is 0 Å². The SMILES string of the molecule is CCCCc1ccccc1-c1csc(C(N)=O)c1S(N)(=O)=O. The summed E-state index contributed by atoms with van der Waals surface area (Å²) in [4.78, 5) is 11.3. The van der Waals surface area contributed by atoms with E-state index in [9.17, 15) is 13.2 Å². The van der Waals surface area contributed by atoms with Gasteiger partial charge < -0.3 is 5.73 Å². The lowest BCUT2D eigenvalue weighted by Crippen LogP contribution is -2.19. The topological polar surface area (TPSA) is 103 Å². The molecule has 4 N–H and O–H groups in total. The van der Waals surface area contributed by atoms with E-state index in [1.807, 2.05) is 24.3 Å². The number of carbonyl (C=O) groups excluding carboxylic acids is 1. The summed E-state index contributed by atoms with van der Waals surface area (Å²) in [6.45, 7) is 2.09. The van der Waals surface area contributed by atoms with Crippen molar-refractivity contribution in [2.75, 3.05) is 0 Å². The molecule has 2 aromatic rings. The molecule has 0 bridgehead atoms. The van der Waals surface area contributed by atoms with Crippen LogP contribution in [0, 0.1) is 0 Å². The van der Waals surface area contributed by atoms with E-state index < -0.39 is 15.9 Å². The third-order valence-corrected chi connectivity index (χ3v) is 5.48. The number of carbonyl (C=O) groups is 1. The first-order valence-corrected chi connectivity index (χ1v) is 9.31. The van der Waals surface area contributed by atoms with Crippen LogP contribution < -0.4 is 10.9 Å². The lowest BCUT2D eigenvalue weighted by Gasteiger charge is -2.10. The predicted octanol–water partition coefficient (Wildman–Crippen LogP) is 2.50. The first-order valence-electron chi connectivity index (χ1n) is 6.88. The monoisotopic (exact) mass is 338 g/mol. The van der Waals surface area contributed by atoms with Gasteiger partial charge in [0, 0.05) is 10.9 Å². The lowest BCUT2D eigenvalue weighted by molar-refractivity contribution is 0.100. The molecule has 0 radical (unpaired) electrons. The molecule has 22 heavy (non-hydrogen) atoms. The molecule has 0 unspecified atom stereocenters. The number of aryl methyl sites for hydroxylation is 1. The predicted molar refractivity (Wildman–Crippen MR) is 88.3 cm³/mol. The summed E-state index contributed by atoms with van der Waals surface area (Å²) in [6.07, 6.45) is 2.86. The minimum absolute atomic E-state index is 0.0252. The van der Waals surface area contributed by atoms with E-state index in [0.29, 0.717) is 5.56 Å². The Balaban J connectivity index is 2.67. The van der Waals surface area contributed by atoms with Gasteiger partial charge in [0.25, 0.3) is 5.91 Å². The highest BCUT2D eigenvalue weighted by Gasteiger charge is 2.26. The van der Waals surface area contributed by atoms with E-state index in [2.05, 4.69) is 6.92 Å². The molecule has 0 aliphatic carbocycles. The Morgan fingerprint density at radius 1 is 1.23 bits per heavy atom. The number of primary sulfonamides is 1. The van der Waals surface area contributed by atoms with Crippen LogP contribution in [0.25, 0.3) is 11.1 Å². The molecule has 1 amide bonds. The first-order chi connectivity index (χ1) is 10.4.